The lowest BCUT2D eigenvalue weighted by atomic mass is 9.98. The zero-order valence-corrected chi connectivity index (χ0v) is 18.0. The Morgan fingerprint density at radius 1 is 0.933 bits per heavy atom. The number of rotatable bonds is 7. The van der Waals surface area contributed by atoms with Crippen molar-refractivity contribution in [3.63, 3.8) is 0 Å². The molecule has 2 atom stereocenters. The lowest BCUT2D eigenvalue weighted by Gasteiger charge is -2.25. The van der Waals surface area contributed by atoms with E-state index in [2.05, 4.69) is 42.7 Å². The van der Waals surface area contributed by atoms with Crippen molar-refractivity contribution < 1.29 is 9.69 Å². The fraction of sp³-hybridized carbons (Fsp3) is 0.200. The van der Waals surface area contributed by atoms with Crippen LogP contribution in [0.15, 0.2) is 84.9 Å². The molecule has 1 aromatic heterocycles. The van der Waals surface area contributed by atoms with E-state index in [1.807, 2.05) is 61.5 Å². The van der Waals surface area contributed by atoms with Gasteiger partial charge in [0.15, 0.2) is 6.04 Å². The fourth-order valence-corrected chi connectivity index (χ4v) is 4.59. The topological polar surface area (TPSA) is 46.4 Å². The molecular formula is C25H26N3OS+. The summed E-state index contributed by atoms with van der Waals surface area (Å²) in [4.78, 5) is 19.0. The third-order valence-corrected chi connectivity index (χ3v) is 6.49. The number of nitrogens with zero attached hydrogens (tertiary/aromatic N) is 1. The zero-order chi connectivity index (χ0) is 20.9. The molecule has 5 heteroatoms. The Hall–Kier alpha value is -3.02. The van der Waals surface area contributed by atoms with Gasteiger partial charge in [-0.1, -0.05) is 72.8 Å². The number of benzene rings is 3. The monoisotopic (exact) mass is 416 g/mol. The van der Waals surface area contributed by atoms with Crippen LogP contribution in [0.2, 0.25) is 0 Å². The Labute approximate surface area is 181 Å². The van der Waals surface area contributed by atoms with E-state index in [4.69, 9.17) is 4.98 Å². The normalized spacial score (nSPS) is 13.3. The highest BCUT2D eigenvalue weighted by molar-refractivity contribution is 7.18. The van der Waals surface area contributed by atoms with Crippen molar-refractivity contribution in [3.8, 4) is 0 Å². The van der Waals surface area contributed by atoms with Crippen molar-refractivity contribution in [1.29, 1.82) is 0 Å². The van der Waals surface area contributed by atoms with Crippen molar-refractivity contribution >= 4 is 27.5 Å². The highest BCUT2D eigenvalue weighted by Crippen LogP contribution is 2.22. The SMILES string of the molecule is C[C@@H](C(=O)NC(c1ccccc1)c1ccccc1)[NH+](C)Cc1nc2ccccc2s1. The first-order chi connectivity index (χ1) is 14.6. The lowest BCUT2D eigenvalue weighted by Crippen LogP contribution is -3.12. The minimum atomic E-state index is -0.202. The Morgan fingerprint density at radius 2 is 1.50 bits per heavy atom. The molecule has 0 aliphatic carbocycles. The molecule has 0 aliphatic heterocycles. The van der Waals surface area contributed by atoms with Gasteiger partial charge in [0.2, 0.25) is 0 Å². The highest BCUT2D eigenvalue weighted by Gasteiger charge is 2.26. The van der Waals surface area contributed by atoms with Crippen LogP contribution in [0.3, 0.4) is 0 Å². The van der Waals surface area contributed by atoms with Crippen LogP contribution in [0.25, 0.3) is 10.2 Å². The molecule has 2 N–H and O–H groups in total. The summed E-state index contributed by atoms with van der Waals surface area (Å²) in [7, 11) is 2.05. The first kappa shape index (κ1) is 20.3. The minimum absolute atomic E-state index is 0.0336. The number of amides is 1. The van der Waals surface area contributed by atoms with E-state index in [1.54, 1.807) is 11.3 Å². The van der Waals surface area contributed by atoms with E-state index >= 15 is 0 Å². The van der Waals surface area contributed by atoms with Gasteiger partial charge in [0.25, 0.3) is 5.91 Å². The molecule has 1 unspecified atom stereocenters. The van der Waals surface area contributed by atoms with Gasteiger partial charge in [0.1, 0.15) is 11.6 Å². The van der Waals surface area contributed by atoms with Crippen molar-refractivity contribution in [1.82, 2.24) is 10.3 Å². The van der Waals surface area contributed by atoms with Crippen LogP contribution in [0.5, 0.6) is 0 Å². The van der Waals surface area contributed by atoms with Gasteiger partial charge < -0.3 is 10.2 Å². The number of hydrogen-bond acceptors (Lipinski definition) is 3. The van der Waals surface area contributed by atoms with E-state index in [-0.39, 0.29) is 18.0 Å². The molecular weight excluding hydrogens is 390 g/mol. The smallest absolute Gasteiger partial charge is 0.278 e. The molecule has 0 radical (unpaired) electrons. The van der Waals surface area contributed by atoms with E-state index < -0.39 is 0 Å². The molecule has 1 heterocycles. The van der Waals surface area contributed by atoms with Crippen LogP contribution in [-0.2, 0) is 11.3 Å². The summed E-state index contributed by atoms with van der Waals surface area (Å²) >= 11 is 1.70. The Morgan fingerprint density at radius 3 is 2.10 bits per heavy atom. The molecule has 0 aliphatic rings. The number of hydrogen-bond donors (Lipinski definition) is 2. The largest absolute Gasteiger partial charge is 0.340 e. The van der Waals surface area contributed by atoms with Crippen LogP contribution in [-0.4, -0.2) is 24.0 Å². The van der Waals surface area contributed by atoms with E-state index in [0.717, 1.165) is 33.1 Å². The second-order valence-corrected chi connectivity index (χ2v) is 8.70. The Bertz CT molecular complexity index is 1040. The average molecular weight is 417 g/mol. The molecule has 1 amide bonds. The van der Waals surface area contributed by atoms with E-state index in [0.29, 0.717) is 0 Å². The second kappa shape index (κ2) is 9.20. The maximum atomic E-state index is 13.2. The molecule has 0 bridgehead atoms. The quantitative estimate of drug-likeness (QED) is 0.484. The fourth-order valence-electron chi connectivity index (χ4n) is 3.53. The van der Waals surface area contributed by atoms with Crippen LogP contribution in [0.4, 0.5) is 0 Å². The number of aromatic nitrogens is 1. The third kappa shape index (κ3) is 4.58. The molecule has 0 spiro atoms. The number of carbonyl (C=O) groups is 1. The lowest BCUT2D eigenvalue weighted by molar-refractivity contribution is -0.908. The van der Waals surface area contributed by atoms with Gasteiger partial charge in [-0.25, -0.2) is 4.98 Å². The molecule has 0 saturated carbocycles. The molecule has 30 heavy (non-hydrogen) atoms. The molecule has 4 rings (SSSR count). The van der Waals surface area contributed by atoms with Crippen molar-refractivity contribution in [2.75, 3.05) is 7.05 Å². The van der Waals surface area contributed by atoms with Gasteiger partial charge in [0, 0.05) is 0 Å². The standard InChI is InChI=1S/C25H25N3OS/c1-18(28(2)17-23-26-21-15-9-10-16-22(21)30-23)25(29)27-24(19-11-5-3-6-12-19)20-13-7-4-8-14-20/h3-16,18,24H,17H2,1-2H3,(H,27,29)/p+1/t18-/m0/s1. The first-order valence-electron chi connectivity index (χ1n) is 10.2. The Kier molecular flexibility index (Phi) is 6.21. The summed E-state index contributed by atoms with van der Waals surface area (Å²) in [6.45, 7) is 2.69. The Balaban J connectivity index is 1.48. The highest BCUT2D eigenvalue weighted by atomic mass is 32.1. The summed E-state index contributed by atoms with van der Waals surface area (Å²) in [5.41, 5.74) is 3.18. The van der Waals surface area contributed by atoms with Crippen LogP contribution >= 0.6 is 11.3 Å². The summed E-state index contributed by atoms with van der Waals surface area (Å²) in [5, 5.41) is 4.32. The van der Waals surface area contributed by atoms with Crippen LogP contribution in [0.1, 0.15) is 29.1 Å². The number of carbonyl (C=O) groups excluding carboxylic acids is 1. The van der Waals surface area contributed by atoms with Gasteiger partial charge in [-0.3, -0.25) is 4.79 Å². The predicted molar refractivity (Wildman–Crippen MR) is 123 cm³/mol. The van der Waals surface area contributed by atoms with Gasteiger partial charge in [-0.15, -0.1) is 11.3 Å². The molecule has 0 fully saturated rings. The van der Waals surface area contributed by atoms with Gasteiger partial charge in [0.05, 0.1) is 23.3 Å². The summed E-state index contributed by atoms with van der Waals surface area (Å²) in [6, 6.07) is 28.0. The molecule has 4 aromatic rings. The molecule has 4 nitrogen and oxygen atoms in total. The number of quaternary nitrogens is 1. The number of para-hydroxylation sites is 1. The summed E-state index contributed by atoms with van der Waals surface area (Å²) in [5.74, 6) is 0.0336. The maximum absolute atomic E-state index is 13.2. The molecule has 0 saturated heterocycles. The zero-order valence-electron chi connectivity index (χ0n) is 17.2. The van der Waals surface area contributed by atoms with Gasteiger partial charge in [-0.05, 0) is 30.2 Å². The van der Waals surface area contributed by atoms with Gasteiger partial charge >= 0.3 is 0 Å². The molecule has 152 valence electrons. The minimum Gasteiger partial charge on any atom is -0.340 e. The number of likely N-dealkylation sites (N-methyl/N-ethyl adjacent to an activating group) is 1. The van der Waals surface area contributed by atoms with E-state index in [1.165, 1.54) is 4.70 Å². The van der Waals surface area contributed by atoms with Crippen molar-refractivity contribution in [3.05, 3.63) is 101 Å². The van der Waals surface area contributed by atoms with Gasteiger partial charge in [-0.2, -0.15) is 0 Å². The van der Waals surface area contributed by atoms with Crippen LogP contribution in [0, 0.1) is 0 Å². The summed E-state index contributed by atoms with van der Waals surface area (Å²) < 4.78 is 1.19. The van der Waals surface area contributed by atoms with Crippen molar-refractivity contribution in [2.24, 2.45) is 0 Å². The van der Waals surface area contributed by atoms with Crippen LogP contribution < -0.4 is 10.2 Å². The number of thiazole rings is 1. The maximum Gasteiger partial charge on any atom is 0.278 e. The first-order valence-corrected chi connectivity index (χ1v) is 11.0. The number of nitrogens with one attached hydrogen (secondary N) is 2. The average Bonchev–Trinajstić information content (AvgIpc) is 3.20. The van der Waals surface area contributed by atoms with E-state index in [9.17, 15) is 4.79 Å². The third-order valence-electron chi connectivity index (χ3n) is 5.45. The summed E-state index contributed by atoms with van der Waals surface area (Å²) in [6.07, 6.45) is 0. The second-order valence-electron chi connectivity index (χ2n) is 7.58. The molecule has 3 aromatic carbocycles. The van der Waals surface area contributed by atoms with Crippen molar-refractivity contribution in [2.45, 2.75) is 25.6 Å². The predicted octanol–water partition coefficient (Wildman–Crippen LogP) is 3.61. The number of fused-ring (bicyclic) bond motifs is 1.